The summed E-state index contributed by atoms with van der Waals surface area (Å²) >= 11 is 0. The Kier molecular flexibility index (Phi) is 3.62. The fourth-order valence-corrected chi connectivity index (χ4v) is 3.89. The zero-order chi connectivity index (χ0) is 18.2. The zero-order valence-electron chi connectivity index (χ0n) is 14.7. The summed E-state index contributed by atoms with van der Waals surface area (Å²) in [6, 6.07) is 25.1. The van der Waals surface area contributed by atoms with E-state index < -0.39 is 0 Å². The SMILES string of the molecule is C#CCOc1ccc2ccccc2c1C1Nc2cccc3cccc(c23)N1. The molecule has 1 heterocycles. The molecule has 0 unspecified atom stereocenters. The molecule has 0 saturated heterocycles. The molecule has 4 aromatic rings. The highest BCUT2D eigenvalue weighted by Gasteiger charge is 2.24. The maximum absolute atomic E-state index is 5.89. The van der Waals surface area contributed by atoms with E-state index in [1.807, 2.05) is 18.2 Å². The molecule has 2 N–H and O–H groups in total. The number of nitrogens with one attached hydrogen (secondary N) is 2. The molecular weight excluding hydrogens is 332 g/mol. The van der Waals surface area contributed by atoms with E-state index in [1.54, 1.807) is 0 Å². The highest BCUT2D eigenvalue weighted by Crippen LogP contribution is 2.42. The smallest absolute Gasteiger partial charge is 0.148 e. The van der Waals surface area contributed by atoms with Gasteiger partial charge in [-0.3, -0.25) is 0 Å². The molecule has 0 spiro atoms. The van der Waals surface area contributed by atoms with Crippen LogP contribution in [0.2, 0.25) is 0 Å². The lowest BCUT2D eigenvalue weighted by molar-refractivity contribution is 0.366. The van der Waals surface area contributed by atoms with Gasteiger partial charge in [-0.1, -0.05) is 60.5 Å². The van der Waals surface area contributed by atoms with E-state index in [0.717, 1.165) is 28.1 Å². The van der Waals surface area contributed by atoms with Crippen LogP contribution in [0.5, 0.6) is 5.75 Å². The van der Waals surface area contributed by atoms with Gasteiger partial charge < -0.3 is 15.4 Å². The van der Waals surface area contributed by atoms with Gasteiger partial charge in [-0.15, -0.1) is 6.42 Å². The quantitative estimate of drug-likeness (QED) is 0.476. The number of hydrogen-bond acceptors (Lipinski definition) is 3. The summed E-state index contributed by atoms with van der Waals surface area (Å²) in [7, 11) is 0. The van der Waals surface area contributed by atoms with Crippen LogP contribution in [0, 0.1) is 12.3 Å². The second-order valence-corrected chi connectivity index (χ2v) is 6.62. The second kappa shape index (κ2) is 6.26. The van der Waals surface area contributed by atoms with Crippen molar-refractivity contribution in [2.24, 2.45) is 0 Å². The predicted molar refractivity (Wildman–Crippen MR) is 112 cm³/mol. The first kappa shape index (κ1) is 15.6. The van der Waals surface area contributed by atoms with Crippen LogP contribution >= 0.6 is 0 Å². The number of rotatable bonds is 3. The summed E-state index contributed by atoms with van der Waals surface area (Å²) in [6.07, 6.45) is 5.30. The minimum absolute atomic E-state index is 0.121. The molecule has 0 fully saturated rings. The van der Waals surface area contributed by atoms with Gasteiger partial charge in [-0.2, -0.15) is 0 Å². The normalized spacial score (nSPS) is 13.0. The molecule has 0 bridgehead atoms. The monoisotopic (exact) mass is 350 g/mol. The molecule has 0 saturated carbocycles. The van der Waals surface area contributed by atoms with E-state index in [2.05, 4.69) is 71.2 Å². The Labute approximate surface area is 158 Å². The number of hydrogen-bond donors (Lipinski definition) is 2. The Morgan fingerprint density at radius 3 is 2.26 bits per heavy atom. The van der Waals surface area contributed by atoms with E-state index >= 15 is 0 Å². The highest BCUT2D eigenvalue weighted by atomic mass is 16.5. The summed E-state index contributed by atoms with van der Waals surface area (Å²) in [5, 5.41) is 12.0. The van der Waals surface area contributed by atoms with Crippen LogP contribution in [-0.2, 0) is 0 Å². The van der Waals surface area contributed by atoms with Crippen molar-refractivity contribution in [2.75, 3.05) is 17.2 Å². The van der Waals surface area contributed by atoms with Gasteiger partial charge in [0, 0.05) is 22.3 Å². The maximum atomic E-state index is 5.89. The third-order valence-electron chi connectivity index (χ3n) is 5.03. The first-order valence-corrected chi connectivity index (χ1v) is 8.98. The van der Waals surface area contributed by atoms with Crippen molar-refractivity contribution in [3.8, 4) is 18.1 Å². The summed E-state index contributed by atoms with van der Waals surface area (Å²) < 4.78 is 5.89. The minimum Gasteiger partial charge on any atom is -0.480 e. The van der Waals surface area contributed by atoms with Gasteiger partial charge in [-0.25, -0.2) is 0 Å². The molecule has 1 aliphatic heterocycles. The standard InChI is InChI=1S/C24H18N2O/c1-2-15-27-21-14-13-16-7-3-4-10-18(16)23(21)24-25-19-11-5-8-17-9-6-12-20(26-24)22(17)19/h1,3-14,24-26H,15H2. The molecule has 1 aliphatic rings. The van der Waals surface area contributed by atoms with Gasteiger partial charge in [0.1, 0.15) is 18.5 Å². The predicted octanol–water partition coefficient (Wildman–Crippen LogP) is 5.54. The van der Waals surface area contributed by atoms with Gasteiger partial charge in [0.15, 0.2) is 0 Å². The third-order valence-corrected chi connectivity index (χ3v) is 5.03. The Bertz CT molecular complexity index is 1170. The van der Waals surface area contributed by atoms with Gasteiger partial charge in [0.2, 0.25) is 0 Å². The number of anilines is 2. The lowest BCUT2D eigenvalue weighted by atomic mass is 9.97. The second-order valence-electron chi connectivity index (χ2n) is 6.62. The van der Waals surface area contributed by atoms with Gasteiger partial charge in [0.05, 0.1) is 0 Å². The van der Waals surface area contributed by atoms with Crippen LogP contribution in [0.15, 0.2) is 72.8 Å². The van der Waals surface area contributed by atoms with E-state index in [-0.39, 0.29) is 12.8 Å². The van der Waals surface area contributed by atoms with Crippen LogP contribution in [0.3, 0.4) is 0 Å². The van der Waals surface area contributed by atoms with Crippen molar-refractivity contribution in [3.05, 3.63) is 78.4 Å². The summed E-state index contributed by atoms with van der Waals surface area (Å²) in [4.78, 5) is 0. The Hall–Kier alpha value is -3.64. The van der Waals surface area contributed by atoms with Crippen LogP contribution in [-0.4, -0.2) is 6.61 Å². The number of ether oxygens (including phenoxy) is 1. The molecule has 0 amide bonds. The van der Waals surface area contributed by atoms with Crippen LogP contribution < -0.4 is 15.4 Å². The largest absolute Gasteiger partial charge is 0.480 e. The summed E-state index contributed by atoms with van der Waals surface area (Å²) in [5.41, 5.74) is 3.29. The van der Waals surface area contributed by atoms with Gasteiger partial charge in [0.25, 0.3) is 0 Å². The molecule has 4 aromatic carbocycles. The first-order valence-electron chi connectivity index (χ1n) is 8.98. The van der Waals surface area contributed by atoms with E-state index in [4.69, 9.17) is 11.2 Å². The van der Waals surface area contributed by atoms with Gasteiger partial charge >= 0.3 is 0 Å². The molecule has 0 aromatic heterocycles. The third kappa shape index (κ3) is 2.54. The average Bonchev–Trinajstić information content (AvgIpc) is 2.72. The average molecular weight is 350 g/mol. The van der Waals surface area contributed by atoms with Crippen LogP contribution in [0.4, 0.5) is 11.4 Å². The number of fused-ring (bicyclic) bond motifs is 1. The molecule has 130 valence electrons. The molecular formula is C24H18N2O. The number of benzene rings is 4. The summed E-state index contributed by atoms with van der Waals surface area (Å²) in [5.74, 6) is 3.36. The van der Waals surface area contributed by atoms with Crippen molar-refractivity contribution in [2.45, 2.75) is 6.17 Å². The molecule has 27 heavy (non-hydrogen) atoms. The summed E-state index contributed by atoms with van der Waals surface area (Å²) in [6.45, 7) is 0.240. The molecule has 0 radical (unpaired) electrons. The Balaban J connectivity index is 1.69. The first-order chi connectivity index (χ1) is 13.3. The minimum atomic E-state index is -0.121. The molecule has 3 heteroatoms. The van der Waals surface area contributed by atoms with E-state index in [9.17, 15) is 0 Å². The fraction of sp³-hybridized carbons (Fsp3) is 0.0833. The molecule has 5 rings (SSSR count). The molecule has 0 atom stereocenters. The van der Waals surface area contributed by atoms with Crippen LogP contribution in [0.1, 0.15) is 11.7 Å². The Morgan fingerprint density at radius 2 is 1.52 bits per heavy atom. The number of terminal acetylenes is 1. The molecule has 0 aliphatic carbocycles. The Morgan fingerprint density at radius 1 is 0.815 bits per heavy atom. The van der Waals surface area contributed by atoms with E-state index in [0.29, 0.717) is 0 Å². The lowest BCUT2D eigenvalue weighted by Crippen LogP contribution is -2.24. The van der Waals surface area contributed by atoms with Crippen molar-refractivity contribution >= 4 is 32.9 Å². The van der Waals surface area contributed by atoms with Crippen molar-refractivity contribution < 1.29 is 4.74 Å². The maximum Gasteiger partial charge on any atom is 0.148 e. The van der Waals surface area contributed by atoms with Crippen molar-refractivity contribution in [1.29, 1.82) is 0 Å². The zero-order valence-corrected chi connectivity index (χ0v) is 14.7. The van der Waals surface area contributed by atoms with Crippen LogP contribution in [0.25, 0.3) is 21.5 Å². The van der Waals surface area contributed by atoms with E-state index in [1.165, 1.54) is 16.2 Å². The molecule has 3 nitrogen and oxygen atoms in total. The fourth-order valence-electron chi connectivity index (χ4n) is 3.89. The lowest BCUT2D eigenvalue weighted by Gasteiger charge is -2.31. The van der Waals surface area contributed by atoms with Crippen molar-refractivity contribution in [3.63, 3.8) is 0 Å². The van der Waals surface area contributed by atoms with Gasteiger partial charge in [-0.05, 0) is 34.4 Å². The highest BCUT2D eigenvalue weighted by molar-refractivity contribution is 6.05. The topological polar surface area (TPSA) is 33.3 Å². The van der Waals surface area contributed by atoms with Crippen molar-refractivity contribution in [1.82, 2.24) is 0 Å².